The number of phenols is 1. The number of carbonyl (C=O) groups excluding carboxylic acids is 1. The van der Waals surface area contributed by atoms with Crippen LogP contribution in [-0.4, -0.2) is 59.8 Å². The predicted molar refractivity (Wildman–Crippen MR) is 125 cm³/mol. The smallest absolute Gasteiger partial charge is 0.254 e. The van der Waals surface area contributed by atoms with E-state index in [4.69, 9.17) is 4.74 Å². The van der Waals surface area contributed by atoms with Crippen LogP contribution in [0.5, 0.6) is 11.5 Å². The lowest BCUT2D eigenvalue weighted by atomic mass is 10.1. The summed E-state index contributed by atoms with van der Waals surface area (Å²) in [5, 5.41) is 13.0. The molecule has 0 radical (unpaired) electrons. The third-order valence-electron chi connectivity index (χ3n) is 5.39. The molecule has 2 aromatic carbocycles. The lowest BCUT2D eigenvalue weighted by molar-refractivity contribution is 0.0697. The van der Waals surface area contributed by atoms with Crippen molar-refractivity contribution in [3.63, 3.8) is 0 Å². The van der Waals surface area contributed by atoms with Crippen molar-refractivity contribution in [3.05, 3.63) is 69.7 Å². The lowest BCUT2D eigenvalue weighted by Gasteiger charge is -2.34. The number of benzene rings is 2. The number of aromatic nitrogens is 1. The number of thiazole rings is 1. The maximum atomic E-state index is 13.0. The molecule has 3 aromatic rings. The molecule has 1 amide bonds. The van der Waals surface area contributed by atoms with Crippen LogP contribution in [0.15, 0.2) is 52.7 Å². The van der Waals surface area contributed by atoms with Gasteiger partial charge in [0.05, 0.1) is 10.7 Å². The maximum absolute atomic E-state index is 13.0. The molecule has 2 heterocycles. The number of amides is 1. The first-order chi connectivity index (χ1) is 15.7. The molecule has 0 unspecified atom stereocenters. The molecule has 0 spiro atoms. The molecule has 33 heavy (non-hydrogen) atoms. The summed E-state index contributed by atoms with van der Waals surface area (Å²) in [7, 11) is -3.85. The second-order valence-corrected chi connectivity index (χ2v) is 10.8. The molecule has 1 fully saturated rings. The highest BCUT2D eigenvalue weighted by Gasteiger charge is 2.32. The number of hydrogen-bond donors (Lipinski definition) is 1. The highest BCUT2D eigenvalue weighted by atomic mass is 32.2. The number of sulfonamides is 1. The van der Waals surface area contributed by atoms with E-state index in [1.807, 2.05) is 12.3 Å². The number of hydrogen-bond acceptors (Lipinski definition) is 7. The van der Waals surface area contributed by atoms with Gasteiger partial charge in [-0.1, -0.05) is 12.1 Å². The van der Waals surface area contributed by atoms with Crippen molar-refractivity contribution < 1.29 is 23.1 Å². The minimum Gasteiger partial charge on any atom is -0.507 e. The maximum Gasteiger partial charge on any atom is 0.254 e. The molecule has 0 bridgehead atoms. The fourth-order valence-electron chi connectivity index (χ4n) is 3.63. The van der Waals surface area contributed by atoms with Crippen LogP contribution in [0.1, 0.15) is 26.6 Å². The van der Waals surface area contributed by atoms with Gasteiger partial charge in [-0.2, -0.15) is 4.31 Å². The molecule has 1 saturated heterocycles. The Hall–Kier alpha value is -2.95. The van der Waals surface area contributed by atoms with E-state index in [9.17, 15) is 18.3 Å². The van der Waals surface area contributed by atoms with Gasteiger partial charge >= 0.3 is 0 Å². The van der Waals surface area contributed by atoms with E-state index in [0.717, 1.165) is 16.3 Å². The Morgan fingerprint density at radius 2 is 1.88 bits per heavy atom. The van der Waals surface area contributed by atoms with Crippen molar-refractivity contribution in [3.8, 4) is 11.5 Å². The number of aryl methyl sites for hydroxylation is 2. The van der Waals surface area contributed by atoms with E-state index in [2.05, 4.69) is 4.98 Å². The van der Waals surface area contributed by atoms with Gasteiger partial charge in [-0.25, -0.2) is 13.4 Å². The average Bonchev–Trinajstić information content (AvgIpc) is 3.24. The Labute approximate surface area is 197 Å². The van der Waals surface area contributed by atoms with Gasteiger partial charge in [-0.05, 0) is 49.7 Å². The molecule has 1 N–H and O–H groups in total. The molecule has 0 aliphatic carbocycles. The minimum atomic E-state index is -3.85. The molecular formula is C23H25N3O5S2. The molecule has 0 saturated carbocycles. The molecular weight excluding hydrogens is 462 g/mol. The molecule has 10 heteroatoms. The Kier molecular flexibility index (Phi) is 6.68. The molecule has 1 aliphatic heterocycles. The van der Waals surface area contributed by atoms with Gasteiger partial charge in [-0.3, -0.25) is 4.79 Å². The van der Waals surface area contributed by atoms with Gasteiger partial charge in [0, 0.05) is 37.1 Å². The van der Waals surface area contributed by atoms with Crippen LogP contribution in [0.25, 0.3) is 0 Å². The van der Waals surface area contributed by atoms with Crippen molar-refractivity contribution in [2.45, 2.75) is 25.3 Å². The van der Waals surface area contributed by atoms with Crippen LogP contribution in [0.4, 0.5) is 0 Å². The molecule has 174 valence electrons. The van der Waals surface area contributed by atoms with E-state index >= 15 is 0 Å². The fourth-order valence-corrected chi connectivity index (χ4v) is 5.82. The minimum absolute atomic E-state index is 0.109. The summed E-state index contributed by atoms with van der Waals surface area (Å²) in [5.74, 6) is 0.117. The van der Waals surface area contributed by atoms with Gasteiger partial charge in [0.1, 0.15) is 23.0 Å². The Balaban J connectivity index is 1.39. The van der Waals surface area contributed by atoms with E-state index < -0.39 is 10.0 Å². The van der Waals surface area contributed by atoms with Crippen molar-refractivity contribution in [1.29, 1.82) is 0 Å². The summed E-state index contributed by atoms with van der Waals surface area (Å²) in [5.41, 5.74) is 2.06. The molecule has 4 rings (SSSR count). The van der Waals surface area contributed by atoms with Crippen molar-refractivity contribution >= 4 is 27.3 Å². The van der Waals surface area contributed by atoms with Crippen LogP contribution >= 0.6 is 11.3 Å². The zero-order valence-electron chi connectivity index (χ0n) is 18.4. The van der Waals surface area contributed by atoms with Crippen LogP contribution in [0, 0.1) is 13.8 Å². The zero-order valence-corrected chi connectivity index (χ0v) is 20.0. The second-order valence-electron chi connectivity index (χ2n) is 7.84. The van der Waals surface area contributed by atoms with Crippen LogP contribution < -0.4 is 4.74 Å². The molecule has 8 nitrogen and oxygen atoms in total. The zero-order chi connectivity index (χ0) is 23.6. The van der Waals surface area contributed by atoms with Crippen molar-refractivity contribution in [2.75, 3.05) is 26.2 Å². The first-order valence-corrected chi connectivity index (χ1v) is 12.8. The van der Waals surface area contributed by atoms with Gasteiger partial charge in [0.25, 0.3) is 5.91 Å². The summed E-state index contributed by atoms with van der Waals surface area (Å²) in [4.78, 5) is 18.9. The SMILES string of the molecule is Cc1ccc(O)c(S(=O)(=O)N2CCN(C(=O)c3cccc(OCc4csc(C)n4)c3)CC2)c1. The Bertz CT molecular complexity index is 1260. The Morgan fingerprint density at radius 3 is 2.58 bits per heavy atom. The average molecular weight is 488 g/mol. The van der Waals surface area contributed by atoms with Crippen LogP contribution in [0.3, 0.4) is 0 Å². The molecule has 1 aliphatic rings. The number of carbonyl (C=O) groups is 1. The third kappa shape index (κ3) is 5.18. The van der Waals surface area contributed by atoms with Crippen molar-refractivity contribution in [1.82, 2.24) is 14.2 Å². The number of phenolic OH excluding ortho intramolecular Hbond substituents is 1. The summed E-state index contributed by atoms with van der Waals surface area (Å²) in [6, 6.07) is 11.4. The van der Waals surface area contributed by atoms with Crippen LogP contribution in [0.2, 0.25) is 0 Å². The van der Waals surface area contributed by atoms with Gasteiger partial charge < -0.3 is 14.7 Å². The summed E-state index contributed by atoms with van der Waals surface area (Å²) in [6.07, 6.45) is 0. The van der Waals surface area contributed by atoms with E-state index in [0.29, 0.717) is 17.9 Å². The van der Waals surface area contributed by atoms with E-state index in [1.54, 1.807) is 53.5 Å². The number of ether oxygens (including phenoxy) is 1. The van der Waals surface area contributed by atoms with Gasteiger partial charge in [-0.15, -0.1) is 11.3 Å². The summed E-state index contributed by atoms with van der Waals surface area (Å²) < 4.78 is 33.1. The summed E-state index contributed by atoms with van der Waals surface area (Å²) >= 11 is 1.56. The first-order valence-electron chi connectivity index (χ1n) is 10.5. The van der Waals surface area contributed by atoms with Gasteiger partial charge in [0.2, 0.25) is 10.0 Å². The Morgan fingerprint density at radius 1 is 1.12 bits per heavy atom. The monoisotopic (exact) mass is 487 g/mol. The first kappa shape index (κ1) is 23.2. The number of piperazine rings is 1. The number of nitrogens with zero attached hydrogens (tertiary/aromatic N) is 3. The largest absolute Gasteiger partial charge is 0.507 e. The summed E-state index contributed by atoms with van der Waals surface area (Å²) in [6.45, 7) is 4.85. The third-order valence-corrected chi connectivity index (χ3v) is 8.14. The fraction of sp³-hybridized carbons (Fsp3) is 0.304. The second kappa shape index (κ2) is 9.50. The quantitative estimate of drug-likeness (QED) is 0.573. The van der Waals surface area contributed by atoms with Crippen LogP contribution in [-0.2, 0) is 16.6 Å². The van der Waals surface area contributed by atoms with E-state index in [1.165, 1.54) is 16.4 Å². The standard InChI is InChI=1S/C23H25N3O5S2/c1-16-6-7-21(27)22(12-16)33(29,30)26-10-8-25(9-11-26)23(28)18-4-3-5-20(13-18)31-14-19-15-32-17(2)24-19/h3-7,12-13,15,27H,8-11,14H2,1-2H3. The van der Waals surface area contributed by atoms with Gasteiger partial charge in [0.15, 0.2) is 0 Å². The lowest BCUT2D eigenvalue weighted by Crippen LogP contribution is -2.50. The highest BCUT2D eigenvalue weighted by molar-refractivity contribution is 7.89. The van der Waals surface area contributed by atoms with Crippen molar-refractivity contribution in [2.24, 2.45) is 0 Å². The van der Waals surface area contributed by atoms with E-state index in [-0.39, 0.29) is 42.7 Å². The normalized spacial score (nSPS) is 14.9. The number of aromatic hydroxyl groups is 1. The highest BCUT2D eigenvalue weighted by Crippen LogP contribution is 2.28. The predicted octanol–water partition coefficient (Wildman–Crippen LogP) is 3.19. The topological polar surface area (TPSA) is 100 Å². The molecule has 1 aromatic heterocycles. The number of rotatable bonds is 6. The molecule has 0 atom stereocenters.